The van der Waals surface area contributed by atoms with Crippen molar-refractivity contribution >= 4 is 46.1 Å². The molecule has 1 amide bonds. The molecule has 0 radical (unpaired) electrons. The van der Waals surface area contributed by atoms with Crippen molar-refractivity contribution in [1.82, 2.24) is 24.2 Å². The van der Waals surface area contributed by atoms with Crippen molar-refractivity contribution in [2.75, 3.05) is 11.1 Å². The lowest BCUT2D eigenvalue weighted by atomic mass is 10.1. The highest BCUT2D eigenvalue weighted by atomic mass is 35.5. The van der Waals surface area contributed by atoms with E-state index in [1.165, 1.54) is 11.8 Å². The van der Waals surface area contributed by atoms with Gasteiger partial charge in [0.15, 0.2) is 10.8 Å². The molecule has 0 saturated heterocycles. The van der Waals surface area contributed by atoms with Gasteiger partial charge in [-0.2, -0.15) is 10.4 Å². The van der Waals surface area contributed by atoms with Gasteiger partial charge in [0.2, 0.25) is 5.91 Å². The summed E-state index contributed by atoms with van der Waals surface area (Å²) < 4.78 is 3.59. The molecule has 1 N–H and O–H groups in total. The first-order valence-corrected chi connectivity index (χ1v) is 10.9. The Labute approximate surface area is 191 Å². The van der Waals surface area contributed by atoms with Crippen LogP contribution in [0.4, 0.5) is 5.69 Å². The van der Waals surface area contributed by atoms with E-state index in [0.29, 0.717) is 27.1 Å². The second-order valence-corrected chi connectivity index (χ2v) is 8.25. The number of carbonyl (C=O) groups excluding carboxylic acids is 1. The van der Waals surface area contributed by atoms with Crippen LogP contribution in [-0.2, 0) is 4.79 Å². The summed E-state index contributed by atoms with van der Waals surface area (Å²) >= 11 is 7.26. The fourth-order valence-corrected chi connectivity index (χ4v) is 4.05. The van der Waals surface area contributed by atoms with Gasteiger partial charge < -0.3 is 5.32 Å². The highest BCUT2D eigenvalue weighted by Gasteiger charge is 2.14. The number of benzene rings is 2. The predicted octanol–water partition coefficient (Wildman–Crippen LogP) is 4.30. The van der Waals surface area contributed by atoms with Gasteiger partial charge in [0.05, 0.1) is 23.1 Å². The molecule has 8 nitrogen and oxygen atoms in total. The number of thioether (sulfide) groups is 1. The van der Waals surface area contributed by atoms with Crippen molar-refractivity contribution < 1.29 is 4.79 Å². The molecule has 0 aliphatic rings. The van der Waals surface area contributed by atoms with Crippen LogP contribution in [0.15, 0.2) is 72.1 Å². The van der Waals surface area contributed by atoms with E-state index in [2.05, 4.69) is 20.6 Å². The van der Waals surface area contributed by atoms with E-state index in [-0.39, 0.29) is 11.7 Å². The second kappa shape index (κ2) is 8.34. The number of hydrogen-bond donors (Lipinski definition) is 1. The van der Waals surface area contributed by atoms with Crippen LogP contribution in [-0.4, -0.2) is 35.9 Å². The molecule has 5 rings (SSSR count). The molecule has 0 unspecified atom stereocenters. The number of anilines is 1. The molecule has 32 heavy (non-hydrogen) atoms. The third kappa shape index (κ3) is 3.89. The number of nitriles is 1. The lowest BCUT2D eigenvalue weighted by Crippen LogP contribution is -2.14. The lowest BCUT2D eigenvalue weighted by molar-refractivity contribution is -0.113. The van der Waals surface area contributed by atoms with Gasteiger partial charge >= 0.3 is 0 Å². The van der Waals surface area contributed by atoms with E-state index in [9.17, 15) is 4.79 Å². The molecule has 10 heteroatoms. The van der Waals surface area contributed by atoms with E-state index < -0.39 is 0 Å². The molecule has 3 heterocycles. The van der Waals surface area contributed by atoms with E-state index in [4.69, 9.17) is 16.9 Å². The minimum Gasteiger partial charge on any atom is -0.325 e. The van der Waals surface area contributed by atoms with Gasteiger partial charge in [-0.1, -0.05) is 35.5 Å². The van der Waals surface area contributed by atoms with Crippen molar-refractivity contribution in [3.63, 3.8) is 0 Å². The number of rotatable bonds is 5. The van der Waals surface area contributed by atoms with Gasteiger partial charge in [0.25, 0.3) is 0 Å². The number of halogens is 1. The molecule has 2 aromatic carbocycles. The summed E-state index contributed by atoms with van der Waals surface area (Å²) in [6.07, 6.45) is 3.65. The zero-order valence-corrected chi connectivity index (χ0v) is 18.0. The topological polar surface area (TPSA) is 100 Å². The Morgan fingerprint density at radius 2 is 1.88 bits per heavy atom. The normalized spacial score (nSPS) is 11.0. The van der Waals surface area contributed by atoms with Crippen molar-refractivity contribution in [3.05, 3.63) is 77.6 Å². The fraction of sp³-hybridized carbons (Fsp3) is 0.0455. The number of fused-ring (bicyclic) bond motifs is 3. The maximum atomic E-state index is 12.3. The van der Waals surface area contributed by atoms with Crippen LogP contribution in [0.2, 0.25) is 5.02 Å². The Morgan fingerprint density at radius 3 is 2.62 bits per heavy atom. The third-order valence-electron chi connectivity index (χ3n) is 4.76. The molecular formula is C22H14ClN7OS. The Balaban J connectivity index is 1.34. The number of amides is 1. The molecule has 0 fully saturated rings. The summed E-state index contributed by atoms with van der Waals surface area (Å²) in [5.74, 6) is -0.00624. The first-order valence-electron chi connectivity index (χ1n) is 9.52. The number of nitrogens with zero attached hydrogens (tertiary/aromatic N) is 6. The summed E-state index contributed by atoms with van der Waals surface area (Å²) in [6, 6.07) is 18.2. The van der Waals surface area contributed by atoms with Crippen LogP contribution >= 0.6 is 23.4 Å². The minimum absolute atomic E-state index is 0.168. The summed E-state index contributed by atoms with van der Waals surface area (Å²) in [4.78, 5) is 12.3. The number of aromatic nitrogens is 5. The molecule has 0 aliphatic carbocycles. The Bertz CT molecular complexity index is 1480. The summed E-state index contributed by atoms with van der Waals surface area (Å²) in [5.41, 5.74) is 4.38. The Kier molecular flexibility index (Phi) is 5.23. The average molecular weight is 460 g/mol. The zero-order chi connectivity index (χ0) is 22.1. The quantitative estimate of drug-likeness (QED) is 0.393. The standard InChI is InChI=1S/C22H14ClN7OS/c23-16-5-3-15(4-6-16)18-11-19-21-26-27-22(29(21)9-10-30(19)28-18)32-13-20(31)25-17-7-1-14(12-24)2-8-17/h1-11H,13H2,(H,25,31). The largest absolute Gasteiger partial charge is 0.325 e. The van der Waals surface area contributed by atoms with Gasteiger partial charge in [0.1, 0.15) is 5.52 Å². The smallest absolute Gasteiger partial charge is 0.234 e. The van der Waals surface area contributed by atoms with E-state index >= 15 is 0 Å². The summed E-state index contributed by atoms with van der Waals surface area (Å²) in [6.45, 7) is 0. The maximum Gasteiger partial charge on any atom is 0.234 e. The molecule has 0 saturated carbocycles. The fourth-order valence-electron chi connectivity index (χ4n) is 3.21. The van der Waals surface area contributed by atoms with E-state index in [1.807, 2.05) is 53.2 Å². The van der Waals surface area contributed by atoms with Crippen molar-refractivity contribution in [1.29, 1.82) is 5.26 Å². The second-order valence-electron chi connectivity index (χ2n) is 6.87. The van der Waals surface area contributed by atoms with Gasteiger partial charge in [-0.15, -0.1) is 10.2 Å². The molecular weight excluding hydrogens is 446 g/mol. The highest BCUT2D eigenvalue weighted by Crippen LogP contribution is 2.25. The first kappa shape index (κ1) is 20.1. The van der Waals surface area contributed by atoms with Gasteiger partial charge in [-0.3, -0.25) is 9.20 Å². The lowest BCUT2D eigenvalue weighted by Gasteiger charge is -2.04. The number of nitrogens with one attached hydrogen (secondary N) is 1. The van der Waals surface area contributed by atoms with Crippen LogP contribution in [0.1, 0.15) is 5.56 Å². The minimum atomic E-state index is -0.174. The van der Waals surface area contributed by atoms with Gasteiger partial charge in [0, 0.05) is 28.7 Å². The predicted molar refractivity (Wildman–Crippen MR) is 123 cm³/mol. The van der Waals surface area contributed by atoms with Crippen LogP contribution in [0, 0.1) is 11.3 Å². The summed E-state index contributed by atoms with van der Waals surface area (Å²) in [5, 5.41) is 26.1. The zero-order valence-electron chi connectivity index (χ0n) is 16.4. The molecule has 0 spiro atoms. The van der Waals surface area contributed by atoms with Crippen LogP contribution < -0.4 is 5.32 Å². The monoisotopic (exact) mass is 459 g/mol. The average Bonchev–Trinajstić information content (AvgIpc) is 3.42. The third-order valence-corrected chi connectivity index (χ3v) is 5.95. The molecule has 0 bridgehead atoms. The SMILES string of the molecule is N#Cc1ccc(NC(=O)CSc2nnc3c4cc(-c5ccc(Cl)cc5)nn4ccn23)cc1. The van der Waals surface area contributed by atoms with Crippen molar-refractivity contribution in [3.8, 4) is 17.3 Å². The van der Waals surface area contributed by atoms with Crippen LogP contribution in [0.25, 0.3) is 22.4 Å². The number of hydrogen-bond acceptors (Lipinski definition) is 6. The Hall–Kier alpha value is -3.87. The van der Waals surface area contributed by atoms with Gasteiger partial charge in [-0.05, 0) is 42.5 Å². The molecule has 5 aromatic rings. The molecule has 0 aliphatic heterocycles. The molecule has 3 aromatic heterocycles. The van der Waals surface area contributed by atoms with Gasteiger partial charge in [-0.25, -0.2) is 4.52 Å². The maximum absolute atomic E-state index is 12.3. The Morgan fingerprint density at radius 1 is 1.09 bits per heavy atom. The highest BCUT2D eigenvalue weighted by molar-refractivity contribution is 7.99. The first-order chi connectivity index (χ1) is 15.6. The summed E-state index contributed by atoms with van der Waals surface area (Å²) in [7, 11) is 0. The van der Waals surface area contributed by atoms with E-state index in [0.717, 1.165) is 16.8 Å². The van der Waals surface area contributed by atoms with Crippen LogP contribution in [0.5, 0.6) is 0 Å². The molecule has 156 valence electrons. The van der Waals surface area contributed by atoms with Crippen molar-refractivity contribution in [2.24, 2.45) is 0 Å². The van der Waals surface area contributed by atoms with E-state index in [1.54, 1.807) is 28.8 Å². The van der Waals surface area contributed by atoms with Crippen molar-refractivity contribution in [2.45, 2.75) is 5.16 Å². The van der Waals surface area contributed by atoms with Crippen LogP contribution in [0.3, 0.4) is 0 Å². The number of carbonyl (C=O) groups is 1. The molecule has 0 atom stereocenters.